The zero-order valence-electron chi connectivity index (χ0n) is 12.9. The molecule has 2 saturated carbocycles. The van der Waals surface area contributed by atoms with Gasteiger partial charge in [0.25, 0.3) is 0 Å². The lowest BCUT2D eigenvalue weighted by Gasteiger charge is -2.38. The van der Waals surface area contributed by atoms with Gasteiger partial charge in [0, 0.05) is 17.9 Å². The highest BCUT2D eigenvalue weighted by Crippen LogP contribution is 2.70. The number of halogens is 2. The van der Waals surface area contributed by atoms with Crippen molar-refractivity contribution in [1.29, 1.82) is 0 Å². The highest BCUT2D eigenvalue weighted by Gasteiger charge is 2.72. The molecule has 0 radical (unpaired) electrons. The Bertz CT molecular complexity index is 685. The molecule has 2 aliphatic carbocycles. The molecule has 1 amide bonds. The predicted octanol–water partition coefficient (Wildman–Crippen LogP) is 3.69. The highest BCUT2D eigenvalue weighted by atomic mass is 19.1. The number of Topliss-reactive ketones (excluding diaryl/α,β-unsaturated/α-hetero) is 1. The lowest BCUT2D eigenvalue weighted by Crippen LogP contribution is -2.43. The summed E-state index contributed by atoms with van der Waals surface area (Å²) < 4.78 is 27.0. The molecule has 22 heavy (non-hydrogen) atoms. The molecular formula is C17H19F2NO2. The molecule has 0 heterocycles. The van der Waals surface area contributed by atoms with Crippen LogP contribution in [0.1, 0.15) is 40.0 Å². The van der Waals surface area contributed by atoms with Gasteiger partial charge >= 0.3 is 0 Å². The monoisotopic (exact) mass is 307 g/mol. The molecule has 5 heteroatoms. The van der Waals surface area contributed by atoms with Crippen LogP contribution in [0.15, 0.2) is 18.2 Å². The first-order chi connectivity index (χ1) is 10.1. The van der Waals surface area contributed by atoms with Gasteiger partial charge in [-0.15, -0.1) is 0 Å². The van der Waals surface area contributed by atoms with Crippen molar-refractivity contribution in [3.8, 4) is 0 Å². The van der Waals surface area contributed by atoms with E-state index in [1.54, 1.807) is 0 Å². The van der Waals surface area contributed by atoms with Crippen molar-refractivity contribution in [1.82, 2.24) is 0 Å². The van der Waals surface area contributed by atoms with Crippen LogP contribution in [0.25, 0.3) is 0 Å². The third-order valence-electron chi connectivity index (χ3n) is 6.32. The molecular weight excluding hydrogens is 288 g/mol. The van der Waals surface area contributed by atoms with Crippen LogP contribution in [-0.4, -0.2) is 11.7 Å². The molecule has 2 unspecified atom stereocenters. The number of ketones is 1. The Morgan fingerprint density at radius 3 is 2.41 bits per heavy atom. The quantitative estimate of drug-likeness (QED) is 0.905. The molecule has 3 rings (SSSR count). The Kier molecular flexibility index (Phi) is 3.00. The second-order valence-electron chi connectivity index (χ2n) is 7.22. The third-order valence-corrected chi connectivity index (χ3v) is 6.32. The van der Waals surface area contributed by atoms with Crippen molar-refractivity contribution in [2.75, 3.05) is 5.32 Å². The predicted molar refractivity (Wildman–Crippen MR) is 78.2 cm³/mol. The molecule has 2 aliphatic rings. The minimum Gasteiger partial charge on any atom is -0.323 e. The van der Waals surface area contributed by atoms with Crippen LogP contribution < -0.4 is 5.32 Å². The maximum atomic E-state index is 13.8. The first-order valence-electron chi connectivity index (χ1n) is 7.44. The summed E-state index contributed by atoms with van der Waals surface area (Å²) in [6.45, 7) is 5.75. The Hall–Kier alpha value is -1.78. The largest absolute Gasteiger partial charge is 0.323 e. The van der Waals surface area contributed by atoms with E-state index in [4.69, 9.17) is 0 Å². The number of fused-ring (bicyclic) bond motifs is 2. The summed E-state index contributed by atoms with van der Waals surface area (Å²) in [7, 11) is 0. The van der Waals surface area contributed by atoms with Gasteiger partial charge in [0.1, 0.15) is 17.4 Å². The number of carbonyl (C=O) groups is 2. The van der Waals surface area contributed by atoms with Gasteiger partial charge in [-0.3, -0.25) is 9.59 Å². The average molecular weight is 307 g/mol. The molecule has 0 saturated heterocycles. The van der Waals surface area contributed by atoms with E-state index < -0.39 is 33.8 Å². The summed E-state index contributed by atoms with van der Waals surface area (Å²) in [5.41, 5.74) is -2.06. The first kappa shape index (κ1) is 15.1. The maximum Gasteiger partial charge on any atom is 0.231 e. The van der Waals surface area contributed by atoms with Gasteiger partial charge < -0.3 is 5.32 Å². The van der Waals surface area contributed by atoms with E-state index in [9.17, 15) is 18.4 Å². The second-order valence-corrected chi connectivity index (χ2v) is 7.22. The van der Waals surface area contributed by atoms with Gasteiger partial charge in [-0.05, 0) is 30.4 Å². The Morgan fingerprint density at radius 2 is 1.86 bits per heavy atom. The van der Waals surface area contributed by atoms with Crippen LogP contribution in [0.4, 0.5) is 14.5 Å². The number of hydrogen-bond acceptors (Lipinski definition) is 2. The van der Waals surface area contributed by atoms with E-state index >= 15 is 0 Å². The van der Waals surface area contributed by atoms with Gasteiger partial charge in [0.05, 0.1) is 11.1 Å². The van der Waals surface area contributed by atoms with Crippen LogP contribution in [-0.2, 0) is 9.59 Å². The van der Waals surface area contributed by atoms with E-state index in [0.29, 0.717) is 12.8 Å². The molecule has 2 atom stereocenters. The lowest BCUT2D eigenvalue weighted by molar-refractivity contribution is -0.131. The summed E-state index contributed by atoms with van der Waals surface area (Å²) in [6.07, 6.45) is 1.40. The van der Waals surface area contributed by atoms with Crippen molar-refractivity contribution in [3.05, 3.63) is 29.8 Å². The van der Waals surface area contributed by atoms with Crippen LogP contribution in [0.5, 0.6) is 0 Å². The van der Waals surface area contributed by atoms with E-state index in [2.05, 4.69) is 5.32 Å². The van der Waals surface area contributed by atoms with Crippen LogP contribution in [0.2, 0.25) is 0 Å². The zero-order chi connectivity index (χ0) is 16.3. The molecule has 3 nitrogen and oxygen atoms in total. The van der Waals surface area contributed by atoms with E-state index in [1.165, 1.54) is 0 Å². The lowest BCUT2D eigenvalue weighted by atomic mass is 9.64. The molecule has 2 bridgehead atoms. The fourth-order valence-electron chi connectivity index (χ4n) is 4.20. The number of carbonyl (C=O) groups excluding carboxylic acids is 2. The van der Waals surface area contributed by atoms with Gasteiger partial charge in [-0.25, -0.2) is 8.78 Å². The van der Waals surface area contributed by atoms with Gasteiger partial charge in [-0.2, -0.15) is 0 Å². The van der Waals surface area contributed by atoms with Crippen molar-refractivity contribution < 1.29 is 18.4 Å². The topological polar surface area (TPSA) is 46.2 Å². The van der Waals surface area contributed by atoms with Crippen LogP contribution in [0.3, 0.4) is 0 Å². The van der Waals surface area contributed by atoms with E-state index in [-0.39, 0.29) is 17.9 Å². The molecule has 0 aliphatic heterocycles. The minimum atomic E-state index is -0.850. The van der Waals surface area contributed by atoms with Gasteiger partial charge in [-0.1, -0.05) is 20.8 Å². The molecule has 0 aromatic heterocycles. The third kappa shape index (κ3) is 1.65. The number of amides is 1. The molecule has 0 spiro atoms. The number of rotatable bonds is 2. The zero-order valence-corrected chi connectivity index (χ0v) is 12.9. The summed E-state index contributed by atoms with van der Waals surface area (Å²) in [4.78, 5) is 25.2. The van der Waals surface area contributed by atoms with Crippen molar-refractivity contribution in [2.24, 2.45) is 16.2 Å². The molecule has 1 aromatic rings. The molecule has 1 aromatic carbocycles. The molecule has 1 N–H and O–H groups in total. The number of nitrogens with one attached hydrogen (secondary N) is 1. The Labute approximate surface area is 128 Å². The fraction of sp³-hybridized carbons (Fsp3) is 0.529. The highest BCUT2D eigenvalue weighted by molar-refractivity contribution is 6.04. The van der Waals surface area contributed by atoms with Crippen molar-refractivity contribution in [2.45, 2.75) is 40.0 Å². The minimum absolute atomic E-state index is 0.0821. The van der Waals surface area contributed by atoms with Crippen molar-refractivity contribution in [3.63, 3.8) is 0 Å². The molecule has 118 valence electrons. The Morgan fingerprint density at radius 1 is 1.18 bits per heavy atom. The maximum absolute atomic E-state index is 13.8. The van der Waals surface area contributed by atoms with E-state index in [0.717, 1.165) is 18.2 Å². The van der Waals surface area contributed by atoms with Crippen molar-refractivity contribution >= 4 is 17.4 Å². The summed E-state index contributed by atoms with van der Waals surface area (Å²) in [5, 5.41) is 2.50. The number of hydrogen-bond donors (Lipinski definition) is 1. The summed E-state index contributed by atoms with van der Waals surface area (Å²) in [5.74, 6) is -1.61. The average Bonchev–Trinajstić information content (AvgIpc) is 2.73. The van der Waals surface area contributed by atoms with E-state index in [1.807, 2.05) is 20.8 Å². The smallest absolute Gasteiger partial charge is 0.231 e. The first-order valence-corrected chi connectivity index (χ1v) is 7.44. The van der Waals surface area contributed by atoms with Gasteiger partial charge in [0.2, 0.25) is 5.91 Å². The Balaban J connectivity index is 1.96. The SMILES string of the molecule is CC12CCC(C(=O)Nc3cc(F)ccc3F)(CC1=O)C2(C)C. The van der Waals surface area contributed by atoms with Crippen LogP contribution in [0, 0.1) is 27.9 Å². The van der Waals surface area contributed by atoms with Gasteiger partial charge in [0.15, 0.2) is 0 Å². The fourth-order valence-corrected chi connectivity index (χ4v) is 4.20. The summed E-state index contributed by atoms with van der Waals surface area (Å²) in [6, 6.07) is 2.94. The standard InChI is InChI=1S/C17H19F2NO2/c1-15(2)16(3)6-7-17(15,9-13(16)21)14(22)20-12-8-10(18)4-5-11(12)19/h4-5,8H,6-7,9H2,1-3H3,(H,20,22). The summed E-state index contributed by atoms with van der Waals surface area (Å²) >= 11 is 0. The van der Waals surface area contributed by atoms with Crippen LogP contribution >= 0.6 is 0 Å². The normalized spacial score (nSPS) is 32.3. The number of anilines is 1. The molecule has 2 fully saturated rings. The second kappa shape index (κ2) is 4.37. The number of benzene rings is 1.